The zero-order chi connectivity index (χ0) is 15.3. The molecule has 108 valence electrons. The Morgan fingerprint density at radius 2 is 1.70 bits per heavy atom. The van der Waals surface area contributed by atoms with E-state index >= 15 is 0 Å². The minimum absolute atomic E-state index is 0.118. The van der Waals surface area contributed by atoms with Crippen molar-refractivity contribution in [2.45, 2.75) is 11.8 Å². The van der Waals surface area contributed by atoms with Crippen LogP contribution in [0.3, 0.4) is 0 Å². The molecule has 1 amide bonds. The molecule has 0 aliphatic carbocycles. The molecule has 0 saturated heterocycles. The summed E-state index contributed by atoms with van der Waals surface area (Å²) >= 11 is 0.696. The molecule has 0 radical (unpaired) electrons. The van der Waals surface area contributed by atoms with Crippen molar-refractivity contribution in [3.05, 3.63) is 30.3 Å². The zero-order valence-corrected chi connectivity index (χ0v) is 12.5. The van der Waals surface area contributed by atoms with E-state index in [1.54, 1.807) is 10.8 Å². The summed E-state index contributed by atoms with van der Waals surface area (Å²) in [6.07, 6.45) is 1.41. The lowest BCUT2D eigenvalue weighted by molar-refractivity contribution is -0.136. The Hall–Kier alpha value is -1.67. The Kier molecular flexibility index (Phi) is 5.46. The molecular formula is C12H13NO5S2. The van der Waals surface area contributed by atoms with Crippen LogP contribution < -0.4 is 4.72 Å². The number of nitrogens with one attached hydrogen (secondary N) is 1. The van der Waals surface area contributed by atoms with Crippen LogP contribution in [0.4, 0.5) is 0 Å². The lowest BCUT2D eigenvalue weighted by Gasteiger charge is -2.12. The highest BCUT2D eigenvalue weighted by Gasteiger charge is 2.33. The van der Waals surface area contributed by atoms with Gasteiger partial charge in [-0.05, 0) is 25.3 Å². The molecule has 0 aliphatic rings. The number of carbonyl (C=O) groups is 3. The minimum atomic E-state index is -4.09. The Balaban J connectivity index is 3.00. The number of benzene rings is 1. The van der Waals surface area contributed by atoms with Crippen LogP contribution in [-0.2, 0) is 24.4 Å². The number of rotatable bonds is 5. The molecule has 8 heteroatoms. The maximum Gasteiger partial charge on any atom is 0.264 e. The van der Waals surface area contributed by atoms with Gasteiger partial charge in [-0.3, -0.25) is 14.4 Å². The van der Waals surface area contributed by atoms with Gasteiger partial charge < -0.3 is 0 Å². The largest absolute Gasteiger partial charge is 0.299 e. The molecule has 0 aliphatic heterocycles. The molecule has 0 aromatic heterocycles. The van der Waals surface area contributed by atoms with Crippen molar-refractivity contribution in [2.24, 2.45) is 5.92 Å². The summed E-state index contributed by atoms with van der Waals surface area (Å²) in [5.74, 6) is -3.46. The third kappa shape index (κ3) is 3.91. The van der Waals surface area contributed by atoms with Gasteiger partial charge in [0.2, 0.25) is 5.12 Å². The van der Waals surface area contributed by atoms with Crippen molar-refractivity contribution in [1.29, 1.82) is 0 Å². The summed E-state index contributed by atoms with van der Waals surface area (Å²) < 4.78 is 25.6. The minimum Gasteiger partial charge on any atom is -0.299 e. The summed E-state index contributed by atoms with van der Waals surface area (Å²) in [6.45, 7) is 1.06. The summed E-state index contributed by atoms with van der Waals surface area (Å²) in [5.41, 5.74) is 0. The number of sulfonamides is 1. The van der Waals surface area contributed by atoms with Crippen LogP contribution in [0.1, 0.15) is 6.92 Å². The number of hydrogen-bond donors (Lipinski definition) is 1. The Bertz CT molecular complexity index is 625. The van der Waals surface area contributed by atoms with Crippen LogP contribution in [0.25, 0.3) is 0 Å². The van der Waals surface area contributed by atoms with E-state index < -0.39 is 32.7 Å². The number of carbonyl (C=O) groups excluding carboxylic acids is 3. The van der Waals surface area contributed by atoms with E-state index in [0.717, 1.165) is 6.92 Å². The fraction of sp³-hybridized carbons (Fsp3) is 0.250. The molecule has 1 atom stereocenters. The predicted molar refractivity (Wildman–Crippen MR) is 74.5 cm³/mol. The highest BCUT2D eigenvalue weighted by atomic mass is 32.2. The van der Waals surface area contributed by atoms with Crippen LogP contribution in [0.5, 0.6) is 0 Å². The molecule has 1 unspecified atom stereocenters. The van der Waals surface area contributed by atoms with Gasteiger partial charge in [0, 0.05) is 0 Å². The molecule has 1 aromatic carbocycles. The van der Waals surface area contributed by atoms with Crippen molar-refractivity contribution in [3.63, 3.8) is 0 Å². The maximum absolute atomic E-state index is 11.9. The van der Waals surface area contributed by atoms with Crippen molar-refractivity contribution >= 4 is 38.6 Å². The number of amides is 1. The topological polar surface area (TPSA) is 97.4 Å². The van der Waals surface area contributed by atoms with E-state index in [9.17, 15) is 22.8 Å². The summed E-state index contributed by atoms with van der Waals surface area (Å²) in [5, 5.41) is -0.696. The van der Waals surface area contributed by atoms with Crippen LogP contribution >= 0.6 is 11.8 Å². The van der Waals surface area contributed by atoms with E-state index in [0.29, 0.717) is 11.8 Å². The SMILES string of the molecule is CSC(=O)C(C(C)=O)C(=O)NS(=O)(=O)c1ccccc1. The molecule has 20 heavy (non-hydrogen) atoms. The third-order valence-electron chi connectivity index (χ3n) is 2.39. The van der Waals surface area contributed by atoms with Gasteiger partial charge in [-0.1, -0.05) is 30.0 Å². The molecule has 6 nitrogen and oxygen atoms in total. The van der Waals surface area contributed by atoms with Crippen molar-refractivity contribution in [2.75, 3.05) is 6.26 Å². The highest BCUT2D eigenvalue weighted by Crippen LogP contribution is 2.13. The molecule has 0 heterocycles. The summed E-state index contributed by atoms with van der Waals surface area (Å²) in [7, 11) is -4.09. The highest BCUT2D eigenvalue weighted by molar-refractivity contribution is 8.13. The number of Topliss-reactive ketones (excluding diaryl/α,β-unsaturated/α-hetero) is 1. The van der Waals surface area contributed by atoms with Gasteiger partial charge in [0.05, 0.1) is 4.90 Å². The van der Waals surface area contributed by atoms with E-state index in [2.05, 4.69) is 0 Å². The van der Waals surface area contributed by atoms with E-state index in [1.165, 1.54) is 30.5 Å². The molecule has 0 bridgehead atoms. The molecule has 0 fully saturated rings. The summed E-state index contributed by atoms with van der Waals surface area (Å²) in [6, 6.07) is 7.21. The molecule has 0 spiro atoms. The summed E-state index contributed by atoms with van der Waals surface area (Å²) in [4.78, 5) is 34.5. The van der Waals surface area contributed by atoms with Crippen molar-refractivity contribution in [3.8, 4) is 0 Å². The van der Waals surface area contributed by atoms with Gasteiger partial charge >= 0.3 is 0 Å². The fourth-order valence-electron chi connectivity index (χ4n) is 1.43. The smallest absolute Gasteiger partial charge is 0.264 e. The second-order valence-electron chi connectivity index (χ2n) is 3.85. The Morgan fingerprint density at radius 3 is 2.15 bits per heavy atom. The number of ketones is 1. The van der Waals surface area contributed by atoms with Gasteiger partial charge in [-0.15, -0.1) is 0 Å². The van der Waals surface area contributed by atoms with Gasteiger partial charge in [-0.25, -0.2) is 13.1 Å². The standard InChI is InChI=1S/C12H13NO5S2/c1-8(14)10(12(16)19-2)11(15)13-20(17,18)9-6-4-3-5-7-9/h3-7,10H,1-2H3,(H,13,15). The predicted octanol–water partition coefficient (Wildman–Crippen LogP) is 0.586. The first kappa shape index (κ1) is 16.4. The Labute approximate surface area is 121 Å². The van der Waals surface area contributed by atoms with Gasteiger partial charge in [-0.2, -0.15) is 0 Å². The van der Waals surface area contributed by atoms with E-state index in [1.807, 2.05) is 0 Å². The average Bonchev–Trinajstić information content (AvgIpc) is 2.38. The monoisotopic (exact) mass is 315 g/mol. The van der Waals surface area contributed by atoms with Crippen molar-refractivity contribution < 1.29 is 22.8 Å². The zero-order valence-electron chi connectivity index (χ0n) is 10.8. The van der Waals surface area contributed by atoms with E-state index in [4.69, 9.17) is 0 Å². The van der Waals surface area contributed by atoms with Crippen LogP contribution in [0.15, 0.2) is 35.2 Å². The lowest BCUT2D eigenvalue weighted by atomic mass is 10.1. The lowest BCUT2D eigenvalue weighted by Crippen LogP contribution is -2.41. The van der Waals surface area contributed by atoms with Crippen molar-refractivity contribution in [1.82, 2.24) is 4.72 Å². The molecule has 1 aromatic rings. The molecule has 1 N–H and O–H groups in total. The third-order valence-corrected chi connectivity index (χ3v) is 4.39. The van der Waals surface area contributed by atoms with Crippen LogP contribution in [0, 0.1) is 5.92 Å². The van der Waals surface area contributed by atoms with E-state index in [-0.39, 0.29) is 4.90 Å². The molecule has 1 rings (SSSR count). The molecule has 0 saturated carbocycles. The van der Waals surface area contributed by atoms with Gasteiger partial charge in [0.1, 0.15) is 0 Å². The fourth-order valence-corrected chi connectivity index (χ4v) is 2.95. The first-order valence-electron chi connectivity index (χ1n) is 5.49. The Morgan fingerprint density at radius 1 is 1.15 bits per heavy atom. The maximum atomic E-state index is 11.9. The van der Waals surface area contributed by atoms with Crippen LogP contribution in [-0.4, -0.2) is 31.5 Å². The second-order valence-corrected chi connectivity index (χ2v) is 6.34. The number of thioether (sulfide) groups is 1. The quantitative estimate of drug-likeness (QED) is 0.799. The first-order chi connectivity index (χ1) is 9.29. The first-order valence-corrected chi connectivity index (χ1v) is 8.20. The average molecular weight is 315 g/mol. The van der Waals surface area contributed by atoms with Gasteiger partial charge in [0.25, 0.3) is 15.9 Å². The van der Waals surface area contributed by atoms with Gasteiger partial charge in [0.15, 0.2) is 11.7 Å². The number of hydrogen-bond acceptors (Lipinski definition) is 6. The second kappa shape index (κ2) is 6.67. The normalized spacial score (nSPS) is 12.5. The van der Waals surface area contributed by atoms with Crippen LogP contribution in [0.2, 0.25) is 0 Å². The molecular weight excluding hydrogens is 302 g/mol.